The van der Waals surface area contributed by atoms with Gasteiger partial charge in [-0.25, -0.2) is 4.39 Å². The highest BCUT2D eigenvalue weighted by Gasteiger charge is 2.46. The maximum atomic E-state index is 13.4. The number of halogens is 1. The van der Waals surface area contributed by atoms with Gasteiger partial charge in [-0.15, -0.1) is 0 Å². The Morgan fingerprint density at radius 3 is 2.46 bits per heavy atom. The first-order chi connectivity index (χ1) is 16.7. The highest BCUT2D eigenvalue weighted by Crippen LogP contribution is 2.41. The lowest BCUT2D eigenvalue weighted by Crippen LogP contribution is -2.29. The lowest BCUT2D eigenvalue weighted by Gasteiger charge is -2.25. The number of methoxy groups -OCH3 is 1. The molecule has 6 nitrogen and oxygen atoms in total. The number of ether oxygens (including phenoxy) is 1. The molecule has 0 saturated carbocycles. The molecule has 1 unspecified atom stereocenters. The average molecular weight is 475 g/mol. The van der Waals surface area contributed by atoms with Crippen LogP contribution in [-0.4, -0.2) is 33.8 Å². The van der Waals surface area contributed by atoms with Gasteiger partial charge >= 0.3 is 0 Å². The summed E-state index contributed by atoms with van der Waals surface area (Å²) in [6, 6.07) is 13.7. The molecule has 1 aliphatic rings. The summed E-state index contributed by atoms with van der Waals surface area (Å²) in [5.41, 5.74) is 3.10. The van der Waals surface area contributed by atoms with Crippen molar-refractivity contribution in [3.8, 4) is 5.75 Å². The highest BCUT2D eigenvalue weighted by molar-refractivity contribution is 6.46. The van der Waals surface area contributed by atoms with E-state index in [2.05, 4.69) is 4.98 Å². The first-order valence-electron chi connectivity index (χ1n) is 11.4. The summed E-state index contributed by atoms with van der Waals surface area (Å²) >= 11 is 0. The third-order valence-electron chi connectivity index (χ3n) is 6.23. The van der Waals surface area contributed by atoms with Crippen molar-refractivity contribution < 1.29 is 23.8 Å². The Morgan fingerprint density at radius 2 is 1.86 bits per heavy atom. The van der Waals surface area contributed by atoms with Crippen LogP contribution in [0, 0.1) is 12.7 Å². The van der Waals surface area contributed by atoms with Crippen molar-refractivity contribution >= 4 is 17.4 Å². The van der Waals surface area contributed by atoms with Gasteiger partial charge in [0.25, 0.3) is 11.7 Å². The minimum Gasteiger partial charge on any atom is -0.507 e. The Bertz CT molecular complexity index is 1300. The van der Waals surface area contributed by atoms with Crippen LogP contribution in [0.3, 0.4) is 0 Å². The fourth-order valence-corrected chi connectivity index (χ4v) is 4.40. The molecule has 1 N–H and O–H groups in total. The number of Topliss-reactive ketones (excluding diaryl/α,β-unsaturated/α-hetero) is 1. The minimum atomic E-state index is -0.898. The van der Waals surface area contributed by atoms with E-state index in [0.29, 0.717) is 28.1 Å². The summed E-state index contributed by atoms with van der Waals surface area (Å²) in [6.45, 7) is 5.88. The predicted molar refractivity (Wildman–Crippen MR) is 130 cm³/mol. The Labute approximate surface area is 203 Å². The van der Waals surface area contributed by atoms with Crippen LogP contribution in [0.15, 0.2) is 66.4 Å². The third-order valence-corrected chi connectivity index (χ3v) is 6.23. The van der Waals surface area contributed by atoms with Gasteiger partial charge in [0.2, 0.25) is 0 Å². The lowest BCUT2D eigenvalue weighted by molar-refractivity contribution is -0.140. The molecule has 1 aliphatic heterocycles. The molecule has 2 aromatic carbocycles. The van der Waals surface area contributed by atoms with Crippen LogP contribution in [0.5, 0.6) is 5.75 Å². The zero-order valence-electron chi connectivity index (χ0n) is 20.1. The number of amides is 1. The average Bonchev–Trinajstić information content (AvgIpc) is 3.10. The number of aryl methyl sites for hydroxylation is 1. The summed E-state index contributed by atoms with van der Waals surface area (Å²) in [5.74, 6) is -1.41. The summed E-state index contributed by atoms with van der Waals surface area (Å²) in [4.78, 5) is 32.2. The fourth-order valence-electron chi connectivity index (χ4n) is 4.40. The maximum absolute atomic E-state index is 13.4. The summed E-state index contributed by atoms with van der Waals surface area (Å²) in [5, 5.41) is 11.5. The van der Waals surface area contributed by atoms with Gasteiger partial charge in [-0.2, -0.15) is 0 Å². The molecule has 1 amide bonds. The van der Waals surface area contributed by atoms with Crippen molar-refractivity contribution in [1.82, 2.24) is 9.88 Å². The molecule has 1 atom stereocenters. The smallest absolute Gasteiger partial charge is 0.296 e. The van der Waals surface area contributed by atoms with Crippen molar-refractivity contribution in [3.05, 3.63) is 100 Å². The second-order valence-corrected chi connectivity index (χ2v) is 8.87. The van der Waals surface area contributed by atoms with E-state index in [0.717, 1.165) is 5.56 Å². The molecule has 35 heavy (non-hydrogen) atoms. The van der Waals surface area contributed by atoms with Crippen LogP contribution in [0.25, 0.3) is 5.76 Å². The zero-order valence-corrected chi connectivity index (χ0v) is 20.1. The van der Waals surface area contributed by atoms with Crippen LogP contribution >= 0.6 is 0 Å². The van der Waals surface area contributed by atoms with Gasteiger partial charge in [0, 0.05) is 18.3 Å². The predicted octanol–water partition coefficient (Wildman–Crippen LogP) is 5.28. The van der Waals surface area contributed by atoms with Gasteiger partial charge in [-0.05, 0) is 65.9 Å². The van der Waals surface area contributed by atoms with Gasteiger partial charge in [0.05, 0.1) is 18.4 Å². The Kier molecular flexibility index (Phi) is 6.69. The second-order valence-electron chi connectivity index (χ2n) is 8.87. The van der Waals surface area contributed by atoms with Crippen LogP contribution in [0.4, 0.5) is 4.39 Å². The first kappa shape index (κ1) is 24.1. The van der Waals surface area contributed by atoms with E-state index in [1.807, 2.05) is 26.8 Å². The van der Waals surface area contributed by atoms with Gasteiger partial charge in [0.15, 0.2) is 0 Å². The van der Waals surface area contributed by atoms with Crippen molar-refractivity contribution in [2.45, 2.75) is 39.3 Å². The molecule has 7 heteroatoms. The summed E-state index contributed by atoms with van der Waals surface area (Å²) in [6.07, 6.45) is 1.57. The molecule has 1 aromatic heterocycles. The number of aliphatic hydroxyl groups is 1. The lowest BCUT2D eigenvalue weighted by atomic mass is 9.92. The molecular weight excluding hydrogens is 447 g/mol. The Balaban J connectivity index is 1.89. The number of aromatic nitrogens is 1. The summed E-state index contributed by atoms with van der Waals surface area (Å²) < 4.78 is 18.9. The normalized spacial score (nSPS) is 17.3. The molecule has 3 aromatic rings. The molecule has 180 valence electrons. The number of hydrogen-bond acceptors (Lipinski definition) is 5. The summed E-state index contributed by atoms with van der Waals surface area (Å²) in [7, 11) is 1.59. The van der Waals surface area contributed by atoms with Gasteiger partial charge in [-0.3, -0.25) is 14.6 Å². The number of carbonyl (C=O) groups excluding carboxylic acids is 2. The van der Waals surface area contributed by atoms with E-state index in [4.69, 9.17) is 4.74 Å². The zero-order chi connectivity index (χ0) is 25.3. The molecule has 1 fully saturated rings. The number of pyridine rings is 1. The van der Waals surface area contributed by atoms with Crippen molar-refractivity contribution in [2.75, 3.05) is 7.11 Å². The van der Waals surface area contributed by atoms with Gasteiger partial charge in [-0.1, -0.05) is 32.0 Å². The molecule has 0 radical (unpaired) electrons. The molecular formula is C28H27FN2O4. The number of hydrogen-bond donors (Lipinski definition) is 1. The molecule has 2 heterocycles. The van der Waals surface area contributed by atoms with Crippen LogP contribution in [-0.2, 0) is 16.1 Å². The van der Waals surface area contributed by atoms with Gasteiger partial charge in [0.1, 0.15) is 23.4 Å². The molecule has 0 aliphatic carbocycles. The number of rotatable bonds is 6. The quantitative estimate of drug-likeness (QED) is 0.299. The second kappa shape index (κ2) is 9.70. The third kappa shape index (κ3) is 4.54. The number of ketones is 1. The van der Waals surface area contributed by atoms with E-state index in [-0.39, 0.29) is 23.8 Å². The molecule has 1 saturated heterocycles. The number of benzene rings is 2. The minimum absolute atomic E-state index is 0.0289. The van der Waals surface area contributed by atoms with Crippen LogP contribution in [0.2, 0.25) is 0 Å². The Hall–Kier alpha value is -4.00. The van der Waals surface area contributed by atoms with Crippen molar-refractivity contribution in [2.24, 2.45) is 0 Å². The van der Waals surface area contributed by atoms with Crippen LogP contribution in [0.1, 0.15) is 53.8 Å². The van der Waals surface area contributed by atoms with E-state index in [1.165, 1.54) is 17.0 Å². The largest absolute Gasteiger partial charge is 0.507 e. The Morgan fingerprint density at radius 1 is 1.14 bits per heavy atom. The van der Waals surface area contributed by atoms with E-state index in [9.17, 15) is 19.1 Å². The van der Waals surface area contributed by atoms with E-state index >= 15 is 0 Å². The number of carbonyl (C=O) groups is 2. The van der Waals surface area contributed by atoms with Crippen molar-refractivity contribution in [3.63, 3.8) is 0 Å². The van der Waals surface area contributed by atoms with E-state index < -0.39 is 23.5 Å². The van der Waals surface area contributed by atoms with Crippen LogP contribution < -0.4 is 4.74 Å². The number of likely N-dealkylation sites (tertiary alicyclic amines) is 1. The fraction of sp³-hybridized carbons (Fsp3) is 0.250. The van der Waals surface area contributed by atoms with E-state index in [1.54, 1.807) is 49.7 Å². The van der Waals surface area contributed by atoms with Gasteiger partial charge < -0.3 is 14.7 Å². The first-order valence-corrected chi connectivity index (χ1v) is 11.4. The molecule has 0 bridgehead atoms. The molecule has 0 spiro atoms. The highest BCUT2D eigenvalue weighted by atomic mass is 19.1. The maximum Gasteiger partial charge on any atom is 0.296 e. The SMILES string of the molecule is COc1cc(C)c(/C(O)=C2\C(=O)C(=O)N(Cc3ccc(F)cc3)C2c2ccccn2)cc1C(C)C. The van der Waals surface area contributed by atoms with Crippen molar-refractivity contribution in [1.29, 1.82) is 0 Å². The monoisotopic (exact) mass is 474 g/mol. The molecule has 4 rings (SSSR count). The standard InChI is InChI=1S/C28H27FN2O4/c1-16(2)20-14-21(17(3)13-23(20)35-4)26(32)24-25(22-7-5-6-12-30-22)31(28(34)27(24)33)15-18-8-10-19(29)11-9-18/h5-14,16,25,32H,15H2,1-4H3/b26-24+. The topological polar surface area (TPSA) is 79.7 Å². The number of nitrogens with zero attached hydrogens (tertiary/aromatic N) is 2. The number of aliphatic hydroxyl groups excluding tert-OH is 1.